The summed E-state index contributed by atoms with van der Waals surface area (Å²) in [6, 6.07) is 0. The Balaban J connectivity index is 3.59. The van der Waals surface area contributed by atoms with Crippen molar-refractivity contribution >= 4 is 11.9 Å². The highest BCUT2D eigenvalue weighted by Crippen LogP contribution is 2.04. The molecule has 190 valence electrons. The molecule has 10 nitrogen and oxygen atoms in total. The summed E-state index contributed by atoms with van der Waals surface area (Å²) in [5.74, 6) is -0.639. The Morgan fingerprint density at radius 3 is 1.22 bits per heavy atom. The van der Waals surface area contributed by atoms with Crippen molar-refractivity contribution in [1.29, 1.82) is 0 Å². The second-order valence-corrected chi connectivity index (χ2v) is 6.48. The zero-order chi connectivity index (χ0) is 23.9. The van der Waals surface area contributed by atoms with E-state index < -0.39 is 12.6 Å². The van der Waals surface area contributed by atoms with Gasteiger partial charge in [-0.3, -0.25) is 9.59 Å². The first-order chi connectivity index (χ1) is 15.6. The van der Waals surface area contributed by atoms with Crippen LogP contribution in [-0.2, 0) is 47.5 Å². The SMILES string of the molecule is CCOC(COCCOC(=O)CCCCC(=O)OCCOCC(OCC)OCC)OCC. The Morgan fingerprint density at radius 2 is 0.906 bits per heavy atom. The molecule has 0 heterocycles. The lowest BCUT2D eigenvalue weighted by atomic mass is 10.2. The van der Waals surface area contributed by atoms with Gasteiger partial charge in [0.1, 0.15) is 13.2 Å². The third-order valence-electron chi connectivity index (χ3n) is 3.91. The zero-order valence-electron chi connectivity index (χ0n) is 20.1. The van der Waals surface area contributed by atoms with Gasteiger partial charge in [-0.2, -0.15) is 0 Å². The van der Waals surface area contributed by atoms with Crippen LogP contribution >= 0.6 is 0 Å². The van der Waals surface area contributed by atoms with Crippen LogP contribution in [0.25, 0.3) is 0 Å². The Kier molecular flexibility index (Phi) is 21.9. The van der Waals surface area contributed by atoms with Crippen LogP contribution in [0, 0.1) is 0 Å². The quantitative estimate of drug-likeness (QED) is 0.127. The summed E-state index contributed by atoms with van der Waals surface area (Å²) in [6.45, 7) is 11.1. The van der Waals surface area contributed by atoms with E-state index in [1.165, 1.54) is 0 Å². The minimum atomic E-state index is -0.408. The van der Waals surface area contributed by atoms with Crippen LogP contribution in [0.3, 0.4) is 0 Å². The van der Waals surface area contributed by atoms with Crippen LogP contribution in [0.15, 0.2) is 0 Å². The standard InChI is InChI=1S/C22H42O10/c1-5-27-21(28-6-2)17-25-13-15-31-19(23)11-9-10-12-20(24)32-16-14-26-18-22(29-7-3)30-8-4/h21-22H,5-18H2,1-4H3. The van der Waals surface area contributed by atoms with Gasteiger partial charge in [-0.05, 0) is 40.5 Å². The summed E-state index contributed by atoms with van der Waals surface area (Å²) in [5.41, 5.74) is 0. The molecular formula is C22H42O10. The topological polar surface area (TPSA) is 108 Å². The highest BCUT2D eigenvalue weighted by atomic mass is 16.7. The maximum Gasteiger partial charge on any atom is 0.305 e. The van der Waals surface area contributed by atoms with Crippen molar-refractivity contribution < 1.29 is 47.5 Å². The van der Waals surface area contributed by atoms with E-state index in [4.69, 9.17) is 37.9 Å². The van der Waals surface area contributed by atoms with Gasteiger partial charge in [0.25, 0.3) is 0 Å². The van der Waals surface area contributed by atoms with Crippen molar-refractivity contribution in [2.45, 2.75) is 66.0 Å². The molecule has 0 aromatic carbocycles. The van der Waals surface area contributed by atoms with Crippen molar-refractivity contribution in [2.24, 2.45) is 0 Å². The second kappa shape index (κ2) is 22.9. The molecule has 0 aliphatic rings. The molecular weight excluding hydrogens is 424 g/mol. The Morgan fingerprint density at radius 1 is 0.562 bits per heavy atom. The molecule has 0 radical (unpaired) electrons. The van der Waals surface area contributed by atoms with Crippen molar-refractivity contribution in [3.63, 3.8) is 0 Å². The molecule has 0 aliphatic carbocycles. The van der Waals surface area contributed by atoms with E-state index in [1.54, 1.807) is 0 Å². The summed E-state index contributed by atoms with van der Waals surface area (Å²) in [5, 5.41) is 0. The third kappa shape index (κ3) is 19.4. The summed E-state index contributed by atoms with van der Waals surface area (Å²) >= 11 is 0. The van der Waals surface area contributed by atoms with Gasteiger partial charge in [-0.25, -0.2) is 0 Å². The van der Waals surface area contributed by atoms with Crippen LogP contribution in [-0.4, -0.2) is 90.6 Å². The lowest BCUT2D eigenvalue weighted by Gasteiger charge is -2.16. The average Bonchev–Trinajstić information content (AvgIpc) is 2.76. The number of carbonyl (C=O) groups is 2. The maximum atomic E-state index is 11.7. The average molecular weight is 467 g/mol. The maximum absolute atomic E-state index is 11.7. The fourth-order valence-corrected chi connectivity index (χ4v) is 2.50. The van der Waals surface area contributed by atoms with Crippen LogP contribution < -0.4 is 0 Å². The first-order valence-corrected chi connectivity index (χ1v) is 11.5. The largest absolute Gasteiger partial charge is 0.463 e. The van der Waals surface area contributed by atoms with Gasteiger partial charge < -0.3 is 37.9 Å². The van der Waals surface area contributed by atoms with Gasteiger partial charge in [0.15, 0.2) is 12.6 Å². The third-order valence-corrected chi connectivity index (χ3v) is 3.91. The van der Waals surface area contributed by atoms with Gasteiger partial charge >= 0.3 is 11.9 Å². The highest BCUT2D eigenvalue weighted by molar-refractivity contribution is 5.70. The molecule has 0 aromatic rings. The van der Waals surface area contributed by atoms with Crippen molar-refractivity contribution in [3.05, 3.63) is 0 Å². The number of rotatable bonds is 23. The van der Waals surface area contributed by atoms with Crippen LogP contribution in [0.4, 0.5) is 0 Å². The Labute approximate surface area is 192 Å². The summed E-state index contributed by atoms with van der Waals surface area (Å²) < 4.78 is 42.4. The molecule has 0 saturated heterocycles. The molecule has 0 atom stereocenters. The molecule has 0 fully saturated rings. The number of ether oxygens (including phenoxy) is 8. The molecule has 0 aromatic heterocycles. The summed E-state index contributed by atoms with van der Waals surface area (Å²) in [7, 11) is 0. The van der Waals surface area contributed by atoms with E-state index in [0.717, 1.165) is 0 Å². The van der Waals surface area contributed by atoms with Crippen molar-refractivity contribution in [1.82, 2.24) is 0 Å². The number of esters is 2. The first-order valence-electron chi connectivity index (χ1n) is 11.5. The van der Waals surface area contributed by atoms with Gasteiger partial charge in [0.2, 0.25) is 0 Å². The van der Waals surface area contributed by atoms with Gasteiger partial charge in [0, 0.05) is 39.3 Å². The highest BCUT2D eigenvalue weighted by Gasteiger charge is 2.10. The lowest BCUT2D eigenvalue weighted by Crippen LogP contribution is -2.24. The molecule has 10 heteroatoms. The van der Waals surface area contributed by atoms with Crippen LogP contribution in [0.5, 0.6) is 0 Å². The number of hydrogen-bond acceptors (Lipinski definition) is 10. The molecule has 0 rings (SSSR count). The van der Waals surface area contributed by atoms with E-state index in [0.29, 0.717) is 39.3 Å². The smallest absolute Gasteiger partial charge is 0.305 e. The van der Waals surface area contributed by atoms with E-state index in [1.807, 2.05) is 27.7 Å². The van der Waals surface area contributed by atoms with E-state index in [9.17, 15) is 9.59 Å². The van der Waals surface area contributed by atoms with Crippen LogP contribution in [0.1, 0.15) is 53.4 Å². The van der Waals surface area contributed by atoms with Crippen LogP contribution in [0.2, 0.25) is 0 Å². The second-order valence-electron chi connectivity index (χ2n) is 6.48. The fourth-order valence-electron chi connectivity index (χ4n) is 2.50. The van der Waals surface area contributed by atoms with Crippen molar-refractivity contribution in [3.8, 4) is 0 Å². The monoisotopic (exact) mass is 466 g/mol. The number of carbonyl (C=O) groups excluding carboxylic acids is 2. The molecule has 0 unspecified atom stereocenters. The molecule has 0 aliphatic heterocycles. The molecule has 0 N–H and O–H groups in total. The van der Waals surface area contributed by atoms with Crippen molar-refractivity contribution in [2.75, 3.05) is 66.1 Å². The number of hydrogen-bond donors (Lipinski definition) is 0. The predicted octanol–water partition coefficient (Wildman–Crippen LogP) is 2.46. The number of unbranched alkanes of at least 4 members (excludes halogenated alkanes) is 1. The zero-order valence-corrected chi connectivity index (χ0v) is 20.1. The normalized spacial score (nSPS) is 11.3. The van der Waals surface area contributed by atoms with Gasteiger partial charge in [-0.15, -0.1) is 0 Å². The minimum absolute atomic E-state index is 0.166. The Hall–Kier alpha value is -1.30. The lowest BCUT2D eigenvalue weighted by molar-refractivity contribution is -0.171. The minimum Gasteiger partial charge on any atom is -0.463 e. The van der Waals surface area contributed by atoms with Gasteiger partial charge in [-0.1, -0.05) is 0 Å². The van der Waals surface area contributed by atoms with E-state index >= 15 is 0 Å². The molecule has 0 saturated carbocycles. The molecule has 0 bridgehead atoms. The molecule has 0 spiro atoms. The van der Waals surface area contributed by atoms with E-state index in [2.05, 4.69) is 0 Å². The van der Waals surface area contributed by atoms with E-state index in [-0.39, 0.29) is 64.4 Å². The molecule has 32 heavy (non-hydrogen) atoms. The summed E-state index contributed by atoms with van der Waals surface area (Å²) in [4.78, 5) is 23.4. The fraction of sp³-hybridized carbons (Fsp3) is 0.909. The molecule has 0 amide bonds. The Bertz CT molecular complexity index is 394. The van der Waals surface area contributed by atoms with Gasteiger partial charge in [0.05, 0.1) is 26.4 Å². The first kappa shape index (κ1) is 30.7. The predicted molar refractivity (Wildman–Crippen MR) is 116 cm³/mol. The summed E-state index contributed by atoms with van der Waals surface area (Å²) in [6.07, 6.45) is 0.766.